The second-order valence-corrected chi connectivity index (χ2v) is 10.1. The van der Waals surface area contributed by atoms with Gasteiger partial charge >= 0.3 is 0 Å². The molecule has 0 aliphatic carbocycles. The maximum atomic E-state index is 3.62. The predicted octanol–water partition coefficient (Wildman–Crippen LogP) is 5.79. The molecule has 2 heterocycles. The van der Waals surface area contributed by atoms with Gasteiger partial charge in [-0.15, -0.1) is 0 Å². The molecule has 3 heteroatoms. The lowest BCUT2D eigenvalue weighted by Crippen LogP contribution is -2.20. The number of benzene rings is 2. The largest absolute Gasteiger partial charge is 0.361 e. The Kier molecular flexibility index (Phi) is 3.92. The zero-order valence-corrected chi connectivity index (χ0v) is 16.2. The third kappa shape index (κ3) is 3.09. The normalized spacial score (nSPS) is 12.9. The van der Waals surface area contributed by atoms with Gasteiger partial charge in [-0.1, -0.05) is 26.0 Å². The van der Waals surface area contributed by atoms with E-state index in [1.807, 2.05) is 6.20 Å². The van der Waals surface area contributed by atoms with Crippen LogP contribution in [-0.4, -0.2) is 22.5 Å². The summed E-state index contributed by atoms with van der Waals surface area (Å²) in [6.45, 7) is 4.65. The van der Waals surface area contributed by atoms with Gasteiger partial charge in [0.15, 0.2) is 0 Å². The lowest BCUT2D eigenvalue weighted by molar-refractivity contribution is 0.517. The van der Waals surface area contributed by atoms with Gasteiger partial charge < -0.3 is 9.97 Å². The molecule has 2 nitrogen and oxygen atoms in total. The smallest absolute Gasteiger partial charge is 0.0456 e. The lowest BCUT2D eigenvalue weighted by Gasteiger charge is -2.25. The second kappa shape index (κ2) is 5.99. The molecule has 25 heavy (non-hydrogen) atoms. The first kappa shape index (κ1) is 16.3. The second-order valence-electron chi connectivity index (χ2n) is 7.80. The molecular weight excluding hydrogens is 324 g/mol. The summed E-state index contributed by atoms with van der Waals surface area (Å²) in [5.41, 5.74) is 5.20. The van der Waals surface area contributed by atoms with Crippen LogP contribution in [0.5, 0.6) is 0 Å². The van der Waals surface area contributed by atoms with E-state index >= 15 is 0 Å². The van der Waals surface area contributed by atoms with E-state index in [-0.39, 0.29) is 16.3 Å². The molecule has 0 spiro atoms. The average Bonchev–Trinajstić information content (AvgIpc) is 3.18. The van der Waals surface area contributed by atoms with Crippen molar-refractivity contribution in [2.75, 3.05) is 12.5 Å². The molecule has 2 aromatic carbocycles. The molecule has 130 valence electrons. The quantitative estimate of drug-likeness (QED) is 0.389. The number of thiol groups is 1. The fraction of sp³-hybridized carbons (Fsp3) is 0.273. The van der Waals surface area contributed by atoms with Crippen LogP contribution in [-0.2, 0) is 11.8 Å². The van der Waals surface area contributed by atoms with Crippen molar-refractivity contribution in [3.63, 3.8) is 0 Å². The Hall–Kier alpha value is -2.13. The fourth-order valence-corrected chi connectivity index (χ4v) is 4.37. The summed E-state index contributed by atoms with van der Waals surface area (Å²) in [5, 5.41) is 2.60. The van der Waals surface area contributed by atoms with Gasteiger partial charge in [0.25, 0.3) is 0 Å². The molecule has 0 saturated carbocycles. The highest BCUT2D eigenvalue weighted by Crippen LogP contribution is 2.33. The highest BCUT2D eigenvalue weighted by atomic mass is 32.2. The highest BCUT2D eigenvalue weighted by molar-refractivity contribution is 8.15. The van der Waals surface area contributed by atoms with Crippen LogP contribution in [0, 0.1) is 0 Å². The van der Waals surface area contributed by atoms with E-state index in [0.717, 1.165) is 6.42 Å². The van der Waals surface area contributed by atoms with E-state index in [2.05, 4.69) is 84.9 Å². The fourth-order valence-electron chi connectivity index (χ4n) is 3.60. The van der Waals surface area contributed by atoms with Crippen molar-refractivity contribution in [2.24, 2.45) is 0 Å². The van der Waals surface area contributed by atoms with Crippen LogP contribution in [0.1, 0.15) is 25.1 Å². The lowest BCUT2D eigenvalue weighted by atomic mass is 9.80. The van der Waals surface area contributed by atoms with Gasteiger partial charge in [-0.3, -0.25) is 0 Å². The monoisotopic (exact) mass is 350 g/mol. The van der Waals surface area contributed by atoms with Crippen LogP contribution < -0.4 is 0 Å². The number of aromatic amines is 2. The molecule has 0 amide bonds. The van der Waals surface area contributed by atoms with Gasteiger partial charge in [0.1, 0.15) is 0 Å². The minimum absolute atomic E-state index is 0.0522. The van der Waals surface area contributed by atoms with E-state index < -0.39 is 0 Å². The van der Waals surface area contributed by atoms with E-state index in [1.165, 1.54) is 38.0 Å². The summed E-state index contributed by atoms with van der Waals surface area (Å²) in [7, 11) is -0.0522. The van der Waals surface area contributed by atoms with Crippen molar-refractivity contribution >= 4 is 32.7 Å². The molecule has 0 atom stereocenters. The first-order valence-corrected chi connectivity index (χ1v) is 11.0. The predicted molar refractivity (Wildman–Crippen MR) is 112 cm³/mol. The van der Waals surface area contributed by atoms with Crippen molar-refractivity contribution in [2.45, 2.75) is 30.6 Å². The van der Waals surface area contributed by atoms with Gasteiger partial charge in [-0.2, -0.15) is 0 Å². The standard InChI is InChI=1S/C22H26N2S/c1-22(2,17-6-5-15-9-10-23-21(15)13-17)14-18-11-16-12-19(25(3)4)7-8-20(16)24-18/h5-13,23-25H,14H2,1-4H3. The third-order valence-corrected chi connectivity index (χ3v) is 6.46. The molecule has 4 aromatic rings. The van der Waals surface area contributed by atoms with E-state index in [9.17, 15) is 0 Å². The number of H-pyrrole nitrogens is 2. The van der Waals surface area contributed by atoms with E-state index in [1.54, 1.807) is 0 Å². The number of aromatic nitrogens is 2. The number of hydrogen-bond donors (Lipinski definition) is 3. The molecule has 0 aliphatic rings. The molecule has 4 rings (SSSR count). The highest BCUT2D eigenvalue weighted by Gasteiger charge is 2.22. The maximum Gasteiger partial charge on any atom is 0.0456 e. The number of fused-ring (bicyclic) bond motifs is 2. The summed E-state index contributed by atoms with van der Waals surface area (Å²) in [4.78, 5) is 8.41. The van der Waals surface area contributed by atoms with Crippen molar-refractivity contribution in [3.8, 4) is 0 Å². The van der Waals surface area contributed by atoms with Crippen LogP contribution in [0.15, 0.2) is 59.6 Å². The Morgan fingerprint density at radius 3 is 2.52 bits per heavy atom. The Balaban J connectivity index is 1.66. The van der Waals surface area contributed by atoms with Crippen LogP contribution in [0.25, 0.3) is 21.8 Å². The minimum Gasteiger partial charge on any atom is -0.361 e. The number of nitrogens with one attached hydrogen (secondary N) is 2. The summed E-state index contributed by atoms with van der Waals surface area (Å²) < 4.78 is 0. The molecule has 0 fully saturated rings. The van der Waals surface area contributed by atoms with Crippen molar-refractivity contribution in [1.82, 2.24) is 9.97 Å². The molecule has 2 N–H and O–H groups in total. The topological polar surface area (TPSA) is 31.6 Å². The van der Waals surface area contributed by atoms with Crippen LogP contribution in [0.4, 0.5) is 0 Å². The molecule has 0 unspecified atom stereocenters. The van der Waals surface area contributed by atoms with Gasteiger partial charge in [0.2, 0.25) is 0 Å². The Bertz CT molecular complexity index is 1040. The summed E-state index contributed by atoms with van der Waals surface area (Å²) >= 11 is 0. The molecule has 0 radical (unpaired) electrons. The average molecular weight is 351 g/mol. The van der Waals surface area contributed by atoms with E-state index in [4.69, 9.17) is 0 Å². The van der Waals surface area contributed by atoms with Gasteiger partial charge in [-0.05, 0) is 76.6 Å². The first-order valence-electron chi connectivity index (χ1n) is 8.79. The first-order chi connectivity index (χ1) is 11.9. The molecular formula is C22H26N2S. The molecule has 0 bridgehead atoms. The Labute approximate surface area is 152 Å². The Morgan fingerprint density at radius 1 is 0.880 bits per heavy atom. The van der Waals surface area contributed by atoms with Crippen molar-refractivity contribution in [1.29, 1.82) is 0 Å². The summed E-state index contributed by atoms with van der Waals surface area (Å²) in [6, 6.07) is 18.1. The number of hydrogen-bond acceptors (Lipinski definition) is 0. The molecule has 0 saturated heterocycles. The molecule has 2 aromatic heterocycles. The van der Waals surface area contributed by atoms with Crippen LogP contribution >= 0.6 is 10.9 Å². The zero-order chi connectivity index (χ0) is 17.6. The van der Waals surface area contributed by atoms with Crippen molar-refractivity contribution < 1.29 is 0 Å². The van der Waals surface area contributed by atoms with Crippen LogP contribution in [0.3, 0.4) is 0 Å². The van der Waals surface area contributed by atoms with Crippen LogP contribution in [0.2, 0.25) is 0 Å². The number of rotatable bonds is 4. The van der Waals surface area contributed by atoms with Gasteiger partial charge in [0.05, 0.1) is 0 Å². The van der Waals surface area contributed by atoms with Gasteiger partial charge in [-0.25, -0.2) is 10.9 Å². The SMILES string of the molecule is C[SH](C)c1ccc2[nH]c(CC(C)(C)c3ccc4cc[nH]c4c3)cc2c1. The zero-order valence-electron chi connectivity index (χ0n) is 15.4. The maximum absolute atomic E-state index is 3.62. The summed E-state index contributed by atoms with van der Waals surface area (Å²) in [5.74, 6) is 0. The minimum atomic E-state index is -0.0522. The van der Waals surface area contributed by atoms with Crippen molar-refractivity contribution in [3.05, 3.63) is 66.0 Å². The Morgan fingerprint density at radius 2 is 1.72 bits per heavy atom. The van der Waals surface area contributed by atoms with Gasteiger partial charge in [0, 0.05) is 28.3 Å². The third-order valence-electron chi connectivity index (χ3n) is 5.15. The summed E-state index contributed by atoms with van der Waals surface area (Å²) in [6.07, 6.45) is 7.62. The van der Waals surface area contributed by atoms with E-state index in [0.29, 0.717) is 0 Å². The molecule has 0 aliphatic heterocycles.